The Kier molecular flexibility index (Phi) is 10.2. The van der Waals surface area contributed by atoms with Crippen LogP contribution >= 0.6 is 11.6 Å². The van der Waals surface area contributed by atoms with Crippen LogP contribution in [0.25, 0.3) is 0 Å². The second-order valence-corrected chi connectivity index (χ2v) is 12.0. The molecule has 7 nitrogen and oxygen atoms in total. The number of hydrogen-bond donors (Lipinski definition) is 1. The van der Waals surface area contributed by atoms with Gasteiger partial charge in [-0.15, -0.1) is 0 Å². The van der Waals surface area contributed by atoms with Crippen molar-refractivity contribution in [3.05, 3.63) is 94.0 Å². The van der Waals surface area contributed by atoms with Gasteiger partial charge in [-0.05, 0) is 69.5 Å². The Hall–Kier alpha value is -3.36. The Bertz CT molecular complexity index is 1420. The van der Waals surface area contributed by atoms with Gasteiger partial charge in [0.1, 0.15) is 12.6 Å². The lowest BCUT2D eigenvalue weighted by molar-refractivity contribution is -0.139. The van der Waals surface area contributed by atoms with Crippen LogP contribution in [0, 0.1) is 20.8 Å². The molecule has 0 radical (unpaired) electrons. The molecule has 208 valence electrons. The molecule has 0 aliphatic rings. The molecular weight excluding hydrogens is 534 g/mol. The molecule has 0 saturated heterocycles. The maximum atomic E-state index is 14.0. The number of aryl methyl sites for hydroxylation is 3. The normalized spacial score (nSPS) is 12.1. The molecule has 0 unspecified atom stereocenters. The van der Waals surface area contributed by atoms with Gasteiger partial charge >= 0.3 is 0 Å². The van der Waals surface area contributed by atoms with Crippen LogP contribution in [0.5, 0.6) is 0 Å². The first-order chi connectivity index (χ1) is 18.4. The van der Waals surface area contributed by atoms with Crippen molar-refractivity contribution in [3.63, 3.8) is 0 Å². The lowest BCUT2D eigenvalue weighted by Crippen LogP contribution is -2.51. The molecule has 2 amide bonds. The van der Waals surface area contributed by atoms with Gasteiger partial charge in [-0.3, -0.25) is 13.9 Å². The Morgan fingerprint density at radius 1 is 0.949 bits per heavy atom. The number of halogens is 1. The van der Waals surface area contributed by atoms with Gasteiger partial charge in [-0.25, -0.2) is 8.42 Å². The minimum atomic E-state index is -4.12. The number of amides is 2. The van der Waals surface area contributed by atoms with Crippen molar-refractivity contribution < 1.29 is 18.0 Å². The number of nitrogens with zero attached hydrogens (tertiary/aromatic N) is 2. The smallest absolute Gasteiger partial charge is 0.264 e. The summed E-state index contributed by atoms with van der Waals surface area (Å²) < 4.78 is 29.0. The van der Waals surface area contributed by atoms with E-state index >= 15 is 0 Å². The fourth-order valence-corrected chi connectivity index (χ4v) is 5.90. The number of benzene rings is 3. The van der Waals surface area contributed by atoms with Crippen LogP contribution in [0.15, 0.2) is 71.6 Å². The predicted molar refractivity (Wildman–Crippen MR) is 156 cm³/mol. The molecule has 9 heteroatoms. The molecule has 1 atom stereocenters. The zero-order chi connectivity index (χ0) is 28.7. The first-order valence-corrected chi connectivity index (χ1v) is 14.7. The molecule has 0 heterocycles. The molecule has 0 saturated carbocycles. The highest BCUT2D eigenvalue weighted by molar-refractivity contribution is 7.92. The largest absolute Gasteiger partial charge is 0.354 e. The van der Waals surface area contributed by atoms with Gasteiger partial charge in [0, 0.05) is 18.1 Å². The average molecular weight is 570 g/mol. The van der Waals surface area contributed by atoms with E-state index in [1.54, 1.807) is 49.4 Å². The van der Waals surface area contributed by atoms with E-state index in [4.69, 9.17) is 11.6 Å². The molecule has 0 aliphatic heterocycles. The maximum absolute atomic E-state index is 14.0. The minimum absolute atomic E-state index is 0.0461. The second-order valence-electron chi connectivity index (χ2n) is 9.69. The minimum Gasteiger partial charge on any atom is -0.354 e. The van der Waals surface area contributed by atoms with E-state index in [1.165, 1.54) is 17.0 Å². The van der Waals surface area contributed by atoms with E-state index in [2.05, 4.69) is 5.32 Å². The van der Waals surface area contributed by atoms with Gasteiger partial charge in [0.05, 0.1) is 10.6 Å². The van der Waals surface area contributed by atoms with E-state index in [0.29, 0.717) is 28.4 Å². The average Bonchev–Trinajstić information content (AvgIpc) is 2.90. The Labute approximate surface area is 236 Å². The second kappa shape index (κ2) is 13.1. The van der Waals surface area contributed by atoms with Gasteiger partial charge in [-0.2, -0.15) is 0 Å². The predicted octanol–water partition coefficient (Wildman–Crippen LogP) is 5.40. The number of hydrogen-bond acceptors (Lipinski definition) is 4. The standard InChI is InChI=1S/C30H36ClN3O4S/c1-6-17-32-30(36)24(5)33(19-25-9-7-8-10-27(25)31)29(35)20-34(28-16-13-22(3)18-23(28)4)39(37,38)26-14-11-21(2)12-15-26/h7-16,18,24H,6,17,19-20H2,1-5H3,(H,32,36)/t24-/m1/s1. The number of anilines is 1. The van der Waals surface area contributed by atoms with Crippen LogP contribution in [0.4, 0.5) is 5.69 Å². The molecule has 3 aromatic rings. The van der Waals surface area contributed by atoms with Gasteiger partial charge in [-0.1, -0.05) is 72.1 Å². The van der Waals surface area contributed by atoms with Crippen LogP contribution in [-0.4, -0.2) is 44.3 Å². The molecule has 3 aromatic carbocycles. The van der Waals surface area contributed by atoms with Gasteiger partial charge < -0.3 is 10.2 Å². The first kappa shape index (κ1) is 30.2. The highest BCUT2D eigenvalue weighted by Crippen LogP contribution is 2.29. The summed E-state index contributed by atoms with van der Waals surface area (Å²) >= 11 is 6.40. The molecular formula is C30H36ClN3O4S. The van der Waals surface area contributed by atoms with E-state index < -0.39 is 28.5 Å². The van der Waals surface area contributed by atoms with Crippen molar-refractivity contribution in [2.45, 2.75) is 58.5 Å². The number of carbonyl (C=O) groups is 2. The highest BCUT2D eigenvalue weighted by atomic mass is 35.5. The third-order valence-corrected chi connectivity index (χ3v) is 8.67. The van der Waals surface area contributed by atoms with Crippen molar-refractivity contribution in [2.75, 3.05) is 17.4 Å². The van der Waals surface area contributed by atoms with Crippen LogP contribution in [0.3, 0.4) is 0 Å². The third kappa shape index (κ3) is 7.40. The van der Waals surface area contributed by atoms with E-state index in [1.807, 2.05) is 39.8 Å². The number of carbonyl (C=O) groups excluding carboxylic acids is 2. The summed E-state index contributed by atoms with van der Waals surface area (Å²) in [7, 11) is -4.12. The van der Waals surface area contributed by atoms with Crippen molar-refractivity contribution in [3.8, 4) is 0 Å². The zero-order valence-electron chi connectivity index (χ0n) is 23.1. The van der Waals surface area contributed by atoms with Crippen molar-refractivity contribution in [2.24, 2.45) is 0 Å². The Morgan fingerprint density at radius 2 is 1.59 bits per heavy atom. The van der Waals surface area contributed by atoms with Crippen molar-refractivity contribution in [1.29, 1.82) is 0 Å². The number of nitrogens with one attached hydrogen (secondary N) is 1. The topological polar surface area (TPSA) is 86.8 Å². The molecule has 3 rings (SSSR count). The highest BCUT2D eigenvalue weighted by Gasteiger charge is 2.33. The van der Waals surface area contributed by atoms with Gasteiger partial charge in [0.2, 0.25) is 11.8 Å². The van der Waals surface area contributed by atoms with E-state index in [0.717, 1.165) is 21.9 Å². The number of sulfonamides is 1. The Morgan fingerprint density at radius 3 is 2.21 bits per heavy atom. The van der Waals surface area contributed by atoms with Gasteiger partial charge in [0.25, 0.3) is 10.0 Å². The van der Waals surface area contributed by atoms with E-state index in [-0.39, 0.29) is 17.3 Å². The van der Waals surface area contributed by atoms with Crippen molar-refractivity contribution >= 4 is 39.1 Å². The van der Waals surface area contributed by atoms with Gasteiger partial charge in [0.15, 0.2) is 0 Å². The summed E-state index contributed by atoms with van der Waals surface area (Å²) in [5.41, 5.74) is 3.65. The summed E-state index contributed by atoms with van der Waals surface area (Å²) in [6, 6.07) is 18.1. The van der Waals surface area contributed by atoms with Crippen LogP contribution in [-0.2, 0) is 26.2 Å². The van der Waals surface area contributed by atoms with Crippen LogP contribution < -0.4 is 9.62 Å². The molecule has 39 heavy (non-hydrogen) atoms. The molecule has 0 spiro atoms. The van der Waals surface area contributed by atoms with Crippen LogP contribution in [0.2, 0.25) is 5.02 Å². The summed E-state index contributed by atoms with van der Waals surface area (Å²) in [5, 5.41) is 3.29. The van der Waals surface area contributed by atoms with Crippen molar-refractivity contribution in [1.82, 2.24) is 10.2 Å². The number of rotatable bonds is 11. The Balaban J connectivity index is 2.06. The SMILES string of the molecule is CCCNC(=O)[C@@H](C)N(Cc1ccccc1Cl)C(=O)CN(c1ccc(C)cc1C)S(=O)(=O)c1ccc(C)cc1. The summed E-state index contributed by atoms with van der Waals surface area (Å²) in [6.45, 7) is 9.20. The lowest BCUT2D eigenvalue weighted by atomic mass is 10.1. The molecule has 0 fully saturated rings. The summed E-state index contributed by atoms with van der Waals surface area (Å²) in [5.74, 6) is -0.846. The summed E-state index contributed by atoms with van der Waals surface area (Å²) in [6.07, 6.45) is 0.742. The maximum Gasteiger partial charge on any atom is 0.264 e. The monoisotopic (exact) mass is 569 g/mol. The fraction of sp³-hybridized carbons (Fsp3) is 0.333. The fourth-order valence-electron chi connectivity index (χ4n) is 4.22. The first-order valence-electron chi connectivity index (χ1n) is 12.9. The third-order valence-electron chi connectivity index (χ3n) is 6.52. The molecule has 0 bridgehead atoms. The molecule has 0 aromatic heterocycles. The summed E-state index contributed by atoms with van der Waals surface area (Å²) in [4.78, 5) is 28.4. The van der Waals surface area contributed by atoms with E-state index in [9.17, 15) is 18.0 Å². The van der Waals surface area contributed by atoms with Crippen LogP contribution in [0.1, 0.15) is 42.5 Å². The zero-order valence-corrected chi connectivity index (χ0v) is 24.6. The lowest BCUT2D eigenvalue weighted by Gasteiger charge is -2.32. The molecule has 1 N–H and O–H groups in total. The molecule has 0 aliphatic carbocycles. The quantitative estimate of drug-likeness (QED) is 0.335.